The van der Waals surface area contributed by atoms with E-state index >= 15 is 0 Å². The van der Waals surface area contributed by atoms with Crippen molar-refractivity contribution in [3.63, 3.8) is 0 Å². The van der Waals surface area contributed by atoms with Crippen LogP contribution in [0.25, 0.3) is 0 Å². The molecule has 0 aliphatic carbocycles. The number of nitrogens with zero attached hydrogens (tertiary/aromatic N) is 4. The van der Waals surface area contributed by atoms with Gasteiger partial charge in [-0.2, -0.15) is 0 Å². The standard InChI is InChI=1S/C10H10ClN5O2/c1-15-8(6-13-14-15)5-12-9-4-7(11)2-3-10(9)16(17)18/h2-4,6,12H,5H2,1H3. The normalized spacial score (nSPS) is 10.3. The maximum Gasteiger partial charge on any atom is 0.292 e. The number of hydrogen-bond acceptors (Lipinski definition) is 5. The Morgan fingerprint density at radius 1 is 1.56 bits per heavy atom. The van der Waals surface area contributed by atoms with Crippen LogP contribution in [0.1, 0.15) is 5.69 Å². The average molecular weight is 268 g/mol. The highest BCUT2D eigenvalue weighted by atomic mass is 35.5. The highest BCUT2D eigenvalue weighted by Crippen LogP contribution is 2.27. The first-order valence-corrected chi connectivity index (χ1v) is 5.47. The summed E-state index contributed by atoms with van der Waals surface area (Å²) in [6, 6.07) is 4.37. The van der Waals surface area contributed by atoms with Gasteiger partial charge in [-0.05, 0) is 12.1 Å². The van der Waals surface area contributed by atoms with Gasteiger partial charge in [0.15, 0.2) is 0 Å². The largest absolute Gasteiger partial charge is 0.374 e. The maximum atomic E-state index is 10.9. The monoisotopic (exact) mass is 267 g/mol. The Bertz CT molecular complexity index is 583. The fourth-order valence-electron chi connectivity index (χ4n) is 1.47. The molecule has 1 aromatic heterocycles. The molecule has 18 heavy (non-hydrogen) atoms. The molecule has 0 atom stereocenters. The summed E-state index contributed by atoms with van der Waals surface area (Å²) in [4.78, 5) is 10.4. The van der Waals surface area contributed by atoms with Crippen molar-refractivity contribution in [2.24, 2.45) is 7.05 Å². The van der Waals surface area contributed by atoms with Crippen LogP contribution >= 0.6 is 11.6 Å². The Hall–Kier alpha value is -2.15. The van der Waals surface area contributed by atoms with Gasteiger partial charge in [0.1, 0.15) is 5.69 Å². The van der Waals surface area contributed by atoms with E-state index in [0.717, 1.165) is 5.69 Å². The Morgan fingerprint density at radius 2 is 2.33 bits per heavy atom. The molecular formula is C10H10ClN5O2. The first kappa shape index (κ1) is 12.3. The molecule has 0 saturated carbocycles. The van der Waals surface area contributed by atoms with Crippen molar-refractivity contribution >= 4 is 23.0 Å². The quantitative estimate of drug-likeness (QED) is 0.676. The summed E-state index contributed by atoms with van der Waals surface area (Å²) >= 11 is 5.82. The lowest BCUT2D eigenvalue weighted by Crippen LogP contribution is -2.06. The Balaban J connectivity index is 2.20. The SMILES string of the molecule is Cn1nncc1CNc1cc(Cl)ccc1[N+](=O)[O-]. The molecule has 2 rings (SSSR count). The molecule has 2 aromatic rings. The Labute approximate surface area is 108 Å². The zero-order chi connectivity index (χ0) is 13.1. The molecule has 0 aliphatic heterocycles. The van der Waals surface area contributed by atoms with E-state index in [1.165, 1.54) is 18.2 Å². The van der Waals surface area contributed by atoms with Crippen LogP contribution in [0.3, 0.4) is 0 Å². The van der Waals surface area contributed by atoms with Crippen LogP contribution in [-0.2, 0) is 13.6 Å². The van der Waals surface area contributed by atoms with Crippen LogP contribution in [-0.4, -0.2) is 19.9 Å². The number of benzene rings is 1. The van der Waals surface area contributed by atoms with Gasteiger partial charge >= 0.3 is 0 Å². The van der Waals surface area contributed by atoms with Crippen molar-refractivity contribution in [1.29, 1.82) is 0 Å². The molecule has 1 N–H and O–H groups in total. The number of anilines is 1. The van der Waals surface area contributed by atoms with Gasteiger partial charge < -0.3 is 5.32 Å². The van der Waals surface area contributed by atoms with E-state index < -0.39 is 4.92 Å². The number of nitro groups is 1. The summed E-state index contributed by atoms with van der Waals surface area (Å²) in [7, 11) is 1.75. The zero-order valence-corrected chi connectivity index (χ0v) is 10.3. The van der Waals surface area contributed by atoms with E-state index in [1.54, 1.807) is 17.9 Å². The minimum Gasteiger partial charge on any atom is -0.374 e. The summed E-state index contributed by atoms with van der Waals surface area (Å²) in [6.45, 7) is 0.380. The van der Waals surface area contributed by atoms with Gasteiger partial charge in [0, 0.05) is 18.1 Å². The third-order valence-electron chi connectivity index (χ3n) is 2.42. The van der Waals surface area contributed by atoms with Crippen LogP contribution in [0, 0.1) is 10.1 Å². The third-order valence-corrected chi connectivity index (χ3v) is 2.66. The van der Waals surface area contributed by atoms with Gasteiger partial charge in [-0.15, -0.1) is 5.10 Å². The molecule has 0 radical (unpaired) electrons. The highest BCUT2D eigenvalue weighted by molar-refractivity contribution is 6.31. The van der Waals surface area contributed by atoms with Crippen molar-refractivity contribution < 1.29 is 4.92 Å². The molecule has 7 nitrogen and oxygen atoms in total. The molecular weight excluding hydrogens is 258 g/mol. The van der Waals surface area contributed by atoms with Crippen molar-refractivity contribution in [2.45, 2.75) is 6.54 Å². The molecule has 1 heterocycles. The van der Waals surface area contributed by atoms with E-state index in [-0.39, 0.29) is 5.69 Å². The number of hydrogen-bond donors (Lipinski definition) is 1. The molecule has 0 saturated heterocycles. The molecule has 0 fully saturated rings. The maximum absolute atomic E-state index is 10.9. The second-order valence-corrected chi connectivity index (χ2v) is 4.06. The van der Waals surface area contributed by atoms with Crippen molar-refractivity contribution in [3.8, 4) is 0 Å². The Morgan fingerprint density at radius 3 is 2.94 bits per heavy atom. The summed E-state index contributed by atoms with van der Waals surface area (Å²) in [5.41, 5.74) is 1.16. The molecule has 0 aliphatic rings. The number of nitro benzene ring substituents is 1. The van der Waals surface area contributed by atoms with E-state index in [1.807, 2.05) is 0 Å². The Kier molecular flexibility index (Phi) is 3.42. The number of rotatable bonds is 4. The number of aromatic nitrogens is 3. The van der Waals surface area contributed by atoms with E-state index in [2.05, 4.69) is 15.6 Å². The second-order valence-electron chi connectivity index (χ2n) is 3.62. The molecule has 0 bridgehead atoms. The van der Waals surface area contributed by atoms with Crippen LogP contribution in [0.4, 0.5) is 11.4 Å². The molecule has 0 unspecified atom stereocenters. The molecule has 1 aromatic carbocycles. The summed E-state index contributed by atoms with van der Waals surface area (Å²) in [6.07, 6.45) is 1.59. The number of nitrogens with one attached hydrogen (secondary N) is 1. The first-order valence-electron chi connectivity index (χ1n) is 5.09. The average Bonchev–Trinajstić information content (AvgIpc) is 2.72. The smallest absolute Gasteiger partial charge is 0.292 e. The lowest BCUT2D eigenvalue weighted by molar-refractivity contribution is -0.384. The fraction of sp³-hybridized carbons (Fsp3) is 0.200. The van der Waals surface area contributed by atoms with Gasteiger partial charge in [0.05, 0.1) is 23.4 Å². The van der Waals surface area contributed by atoms with Crippen molar-refractivity contribution in [3.05, 3.63) is 45.2 Å². The second kappa shape index (κ2) is 5.01. The molecule has 94 valence electrons. The highest BCUT2D eigenvalue weighted by Gasteiger charge is 2.14. The van der Waals surface area contributed by atoms with E-state index in [0.29, 0.717) is 17.3 Å². The minimum atomic E-state index is -0.458. The van der Waals surface area contributed by atoms with Gasteiger partial charge in [0.25, 0.3) is 5.69 Å². The lowest BCUT2D eigenvalue weighted by Gasteiger charge is -2.07. The van der Waals surface area contributed by atoms with Gasteiger partial charge in [-0.3, -0.25) is 14.8 Å². The fourth-order valence-corrected chi connectivity index (χ4v) is 1.64. The summed E-state index contributed by atoms with van der Waals surface area (Å²) < 4.78 is 1.59. The predicted molar refractivity (Wildman–Crippen MR) is 66.4 cm³/mol. The third kappa shape index (κ3) is 2.57. The zero-order valence-electron chi connectivity index (χ0n) is 9.50. The van der Waals surface area contributed by atoms with Gasteiger partial charge in [-0.25, -0.2) is 0 Å². The van der Waals surface area contributed by atoms with Crippen LogP contribution in [0.5, 0.6) is 0 Å². The number of aryl methyl sites for hydroxylation is 1. The molecule has 0 spiro atoms. The summed E-state index contributed by atoms with van der Waals surface area (Å²) in [5.74, 6) is 0. The van der Waals surface area contributed by atoms with Crippen LogP contribution in [0.15, 0.2) is 24.4 Å². The number of halogens is 1. The van der Waals surface area contributed by atoms with E-state index in [4.69, 9.17) is 11.6 Å². The van der Waals surface area contributed by atoms with Gasteiger partial charge in [-0.1, -0.05) is 16.8 Å². The predicted octanol–water partition coefficient (Wildman–Crippen LogP) is 1.99. The minimum absolute atomic E-state index is 0.0190. The molecule has 8 heteroatoms. The van der Waals surface area contributed by atoms with Gasteiger partial charge in [0.2, 0.25) is 0 Å². The topological polar surface area (TPSA) is 85.9 Å². The van der Waals surface area contributed by atoms with Crippen LogP contribution < -0.4 is 5.32 Å². The first-order chi connectivity index (χ1) is 8.58. The summed E-state index contributed by atoms with van der Waals surface area (Å²) in [5, 5.41) is 21.7. The van der Waals surface area contributed by atoms with Crippen molar-refractivity contribution in [2.75, 3.05) is 5.32 Å². The lowest BCUT2D eigenvalue weighted by atomic mass is 10.2. The van der Waals surface area contributed by atoms with Crippen LogP contribution in [0.2, 0.25) is 5.02 Å². The van der Waals surface area contributed by atoms with E-state index in [9.17, 15) is 10.1 Å². The van der Waals surface area contributed by atoms with Crippen molar-refractivity contribution in [1.82, 2.24) is 15.0 Å². The molecule has 0 amide bonds.